The van der Waals surface area contributed by atoms with E-state index in [0.717, 1.165) is 37.1 Å². The van der Waals surface area contributed by atoms with Crippen LogP contribution in [0.1, 0.15) is 78.6 Å². The van der Waals surface area contributed by atoms with E-state index in [4.69, 9.17) is 0 Å². The number of carbonyl (C=O) groups is 2. The van der Waals surface area contributed by atoms with Gasteiger partial charge in [0, 0.05) is 22.8 Å². The Kier molecular flexibility index (Phi) is 6.14. The van der Waals surface area contributed by atoms with Crippen LogP contribution >= 0.6 is 0 Å². The maximum atomic E-state index is 12.7. The molecule has 1 heterocycles. The summed E-state index contributed by atoms with van der Waals surface area (Å²) in [6.45, 7) is 12.6. The zero-order valence-electron chi connectivity index (χ0n) is 17.0. The van der Waals surface area contributed by atoms with Crippen molar-refractivity contribution in [1.29, 1.82) is 0 Å². The van der Waals surface area contributed by atoms with E-state index in [1.807, 2.05) is 26.8 Å². The summed E-state index contributed by atoms with van der Waals surface area (Å²) < 4.78 is 0. The van der Waals surface area contributed by atoms with E-state index in [9.17, 15) is 9.59 Å². The number of aromatic nitrogens is 2. The molecule has 1 aromatic rings. The summed E-state index contributed by atoms with van der Waals surface area (Å²) in [5.74, 6) is -0.537. The van der Waals surface area contributed by atoms with E-state index >= 15 is 0 Å². The highest BCUT2D eigenvalue weighted by molar-refractivity contribution is 5.88. The first kappa shape index (κ1) is 20.5. The number of nitrogens with zero attached hydrogens (tertiary/aromatic N) is 1. The number of hydrogen-bond donors (Lipinski definition) is 3. The Hall–Kier alpha value is -1.85. The first-order valence-corrected chi connectivity index (χ1v) is 9.62. The van der Waals surface area contributed by atoms with Gasteiger partial charge in [0.1, 0.15) is 0 Å². The minimum Gasteiger partial charge on any atom is -0.351 e. The average molecular weight is 363 g/mol. The van der Waals surface area contributed by atoms with Gasteiger partial charge in [0.15, 0.2) is 0 Å². The third-order valence-electron chi connectivity index (χ3n) is 4.79. The van der Waals surface area contributed by atoms with E-state index in [-0.39, 0.29) is 34.6 Å². The van der Waals surface area contributed by atoms with Crippen molar-refractivity contribution in [3.05, 3.63) is 17.5 Å². The lowest BCUT2D eigenvalue weighted by Crippen LogP contribution is -2.49. The summed E-state index contributed by atoms with van der Waals surface area (Å²) in [7, 11) is 0. The highest BCUT2D eigenvalue weighted by Gasteiger charge is 2.36. The molecule has 2 atom stereocenters. The molecule has 0 unspecified atom stereocenters. The van der Waals surface area contributed by atoms with E-state index in [2.05, 4.69) is 41.6 Å². The third kappa shape index (κ3) is 5.58. The Balaban J connectivity index is 1.97. The summed E-state index contributed by atoms with van der Waals surface area (Å²) in [5, 5.41) is 13.3. The Morgan fingerprint density at radius 3 is 2.15 bits per heavy atom. The van der Waals surface area contributed by atoms with Crippen molar-refractivity contribution in [3.8, 4) is 0 Å². The number of hydrogen-bond acceptors (Lipinski definition) is 3. The number of amides is 2. The minimum atomic E-state index is -0.283. The molecule has 146 valence electrons. The monoisotopic (exact) mass is 362 g/mol. The summed E-state index contributed by atoms with van der Waals surface area (Å²) in [6.07, 6.45) is 3.54. The van der Waals surface area contributed by atoms with Crippen LogP contribution in [0.5, 0.6) is 0 Å². The smallest absolute Gasteiger partial charge is 0.224 e. The Morgan fingerprint density at radius 2 is 1.65 bits per heavy atom. The van der Waals surface area contributed by atoms with Gasteiger partial charge in [-0.05, 0) is 39.7 Å². The second-order valence-electron chi connectivity index (χ2n) is 9.48. The molecule has 3 N–H and O–H groups in total. The fourth-order valence-corrected chi connectivity index (χ4v) is 3.37. The molecule has 2 amide bonds. The molecular weight excluding hydrogens is 328 g/mol. The van der Waals surface area contributed by atoms with Gasteiger partial charge < -0.3 is 10.6 Å². The predicted molar refractivity (Wildman–Crippen MR) is 102 cm³/mol. The molecule has 0 saturated heterocycles. The Morgan fingerprint density at radius 1 is 1.08 bits per heavy atom. The topological polar surface area (TPSA) is 86.9 Å². The zero-order chi connectivity index (χ0) is 19.5. The van der Waals surface area contributed by atoms with Crippen molar-refractivity contribution in [1.82, 2.24) is 20.8 Å². The highest BCUT2D eigenvalue weighted by Crippen LogP contribution is 2.31. The van der Waals surface area contributed by atoms with Crippen LogP contribution in [-0.2, 0) is 21.5 Å². The van der Waals surface area contributed by atoms with Gasteiger partial charge in [-0.15, -0.1) is 0 Å². The van der Waals surface area contributed by atoms with Crippen LogP contribution in [0.3, 0.4) is 0 Å². The van der Waals surface area contributed by atoms with Crippen LogP contribution in [0.4, 0.5) is 0 Å². The SMILES string of the molecule is CC(C)(C)NC(=O)[C@H]1CCCC[C@H]1C(=O)NCc1cc(C(C)(C)C)n[nH]1. The molecule has 2 rings (SSSR count). The lowest BCUT2D eigenvalue weighted by Gasteiger charge is -2.32. The molecule has 1 saturated carbocycles. The number of aromatic amines is 1. The van der Waals surface area contributed by atoms with Gasteiger partial charge in [-0.25, -0.2) is 0 Å². The number of H-pyrrole nitrogens is 1. The second kappa shape index (κ2) is 7.80. The van der Waals surface area contributed by atoms with E-state index < -0.39 is 0 Å². The molecule has 0 radical (unpaired) electrons. The number of rotatable bonds is 4. The van der Waals surface area contributed by atoms with Crippen molar-refractivity contribution in [2.45, 2.75) is 84.7 Å². The summed E-state index contributed by atoms with van der Waals surface area (Å²) in [4.78, 5) is 25.3. The Labute approximate surface area is 156 Å². The largest absolute Gasteiger partial charge is 0.351 e. The molecule has 0 spiro atoms. The standard InChI is InChI=1S/C20H34N4O2/c1-19(2,3)16-11-13(23-24-16)12-21-17(25)14-9-7-8-10-15(14)18(26)22-20(4,5)6/h11,14-15H,7-10,12H2,1-6H3,(H,21,25)(H,22,26)(H,23,24)/t14-,15+/m1/s1. The molecular formula is C20H34N4O2. The van der Waals surface area contributed by atoms with Gasteiger partial charge in [-0.3, -0.25) is 14.7 Å². The first-order chi connectivity index (χ1) is 12.0. The molecule has 0 bridgehead atoms. The Bertz CT molecular complexity index is 637. The molecule has 26 heavy (non-hydrogen) atoms. The molecule has 1 fully saturated rings. The van der Waals surface area contributed by atoms with E-state index in [1.165, 1.54) is 0 Å². The van der Waals surface area contributed by atoms with Gasteiger partial charge in [0.25, 0.3) is 0 Å². The molecule has 1 aliphatic rings. The summed E-state index contributed by atoms with van der Waals surface area (Å²) in [5.41, 5.74) is 1.55. The number of carbonyl (C=O) groups excluding carboxylic acids is 2. The van der Waals surface area contributed by atoms with Crippen LogP contribution in [0.25, 0.3) is 0 Å². The molecule has 1 aromatic heterocycles. The molecule has 1 aliphatic carbocycles. The van der Waals surface area contributed by atoms with Gasteiger partial charge in [-0.2, -0.15) is 5.10 Å². The van der Waals surface area contributed by atoms with Crippen molar-refractivity contribution >= 4 is 11.8 Å². The van der Waals surface area contributed by atoms with Crippen LogP contribution in [0.15, 0.2) is 6.07 Å². The molecule has 0 aromatic carbocycles. The number of nitrogens with one attached hydrogen (secondary N) is 3. The fourth-order valence-electron chi connectivity index (χ4n) is 3.37. The quantitative estimate of drug-likeness (QED) is 0.769. The molecule has 0 aliphatic heterocycles. The van der Waals surface area contributed by atoms with Crippen molar-refractivity contribution in [2.24, 2.45) is 11.8 Å². The van der Waals surface area contributed by atoms with E-state index in [0.29, 0.717) is 6.54 Å². The average Bonchev–Trinajstić information content (AvgIpc) is 3.00. The highest BCUT2D eigenvalue weighted by atomic mass is 16.2. The van der Waals surface area contributed by atoms with Crippen LogP contribution < -0.4 is 10.6 Å². The third-order valence-corrected chi connectivity index (χ3v) is 4.79. The first-order valence-electron chi connectivity index (χ1n) is 9.62. The van der Waals surface area contributed by atoms with Crippen LogP contribution in [0.2, 0.25) is 0 Å². The van der Waals surface area contributed by atoms with Crippen molar-refractivity contribution in [3.63, 3.8) is 0 Å². The van der Waals surface area contributed by atoms with Crippen LogP contribution in [0, 0.1) is 11.8 Å². The molecule has 6 nitrogen and oxygen atoms in total. The lowest BCUT2D eigenvalue weighted by molar-refractivity contribution is -0.137. The van der Waals surface area contributed by atoms with Gasteiger partial charge in [0.05, 0.1) is 17.9 Å². The van der Waals surface area contributed by atoms with Crippen molar-refractivity contribution in [2.75, 3.05) is 0 Å². The van der Waals surface area contributed by atoms with Gasteiger partial charge in [0.2, 0.25) is 11.8 Å². The minimum absolute atomic E-state index is 0.00564. The fraction of sp³-hybridized carbons (Fsp3) is 0.750. The summed E-state index contributed by atoms with van der Waals surface area (Å²) >= 11 is 0. The predicted octanol–water partition coefficient (Wildman–Crippen LogP) is 3.04. The maximum absolute atomic E-state index is 12.7. The van der Waals surface area contributed by atoms with E-state index in [1.54, 1.807) is 0 Å². The maximum Gasteiger partial charge on any atom is 0.224 e. The zero-order valence-corrected chi connectivity index (χ0v) is 17.0. The van der Waals surface area contributed by atoms with Crippen molar-refractivity contribution < 1.29 is 9.59 Å². The van der Waals surface area contributed by atoms with Gasteiger partial charge >= 0.3 is 0 Å². The molecule has 6 heteroatoms. The second-order valence-corrected chi connectivity index (χ2v) is 9.48. The lowest BCUT2D eigenvalue weighted by atomic mass is 9.77. The van der Waals surface area contributed by atoms with Gasteiger partial charge in [-0.1, -0.05) is 33.6 Å². The van der Waals surface area contributed by atoms with Crippen LogP contribution in [-0.4, -0.2) is 27.6 Å². The summed E-state index contributed by atoms with van der Waals surface area (Å²) in [6, 6.07) is 1.99. The normalized spacial score (nSPS) is 21.3.